The molecule has 0 aliphatic rings. The molecule has 1 amide bonds. The molecule has 0 unspecified atom stereocenters. The van der Waals surface area contributed by atoms with Gasteiger partial charge in [0.25, 0.3) is 5.91 Å². The van der Waals surface area contributed by atoms with Crippen molar-refractivity contribution in [3.63, 3.8) is 0 Å². The topological polar surface area (TPSA) is 34.0 Å². The fraction of sp³-hybridized carbons (Fsp3) is 0.167. The van der Waals surface area contributed by atoms with E-state index in [4.69, 9.17) is 11.6 Å². The van der Waals surface area contributed by atoms with Crippen LogP contribution in [-0.2, 0) is 7.05 Å². The Kier molecular flexibility index (Phi) is 2.78. The van der Waals surface area contributed by atoms with Gasteiger partial charge in [0.2, 0.25) is 0 Å². The molecule has 1 aromatic heterocycles. The Morgan fingerprint density at radius 2 is 2.45 bits per heavy atom. The minimum absolute atomic E-state index is 0.139. The molecular weight excluding hydrogens is 278 g/mol. The first-order valence-electron chi connectivity index (χ1n) is 2.88. The lowest BCUT2D eigenvalue weighted by molar-refractivity contribution is 0.0982. The van der Waals surface area contributed by atoms with Gasteiger partial charge in [0, 0.05) is 13.2 Å². The lowest BCUT2D eigenvalue weighted by atomic mass is 10.4. The van der Waals surface area contributed by atoms with Crippen LogP contribution in [0.2, 0.25) is 5.02 Å². The van der Waals surface area contributed by atoms with Gasteiger partial charge < -0.3 is 4.57 Å². The van der Waals surface area contributed by atoms with Crippen molar-refractivity contribution in [2.45, 2.75) is 0 Å². The number of hydrogen-bond donors (Lipinski definition) is 1. The van der Waals surface area contributed by atoms with Crippen molar-refractivity contribution in [2.75, 3.05) is 0 Å². The van der Waals surface area contributed by atoms with Gasteiger partial charge in [0.1, 0.15) is 5.69 Å². The van der Waals surface area contributed by atoms with Crippen LogP contribution in [0.1, 0.15) is 10.5 Å². The first-order chi connectivity index (χ1) is 5.15. The van der Waals surface area contributed by atoms with Crippen LogP contribution < -0.4 is 3.53 Å². The monoisotopic (exact) mass is 284 g/mol. The van der Waals surface area contributed by atoms with Crippen LogP contribution in [0.3, 0.4) is 0 Å². The molecule has 1 N–H and O–H groups in total. The van der Waals surface area contributed by atoms with Gasteiger partial charge in [-0.15, -0.1) is 0 Å². The molecule has 0 saturated heterocycles. The van der Waals surface area contributed by atoms with E-state index in [0.29, 0.717) is 10.7 Å². The van der Waals surface area contributed by atoms with Crippen LogP contribution in [0.25, 0.3) is 0 Å². The Bertz CT molecular complexity index is 284. The summed E-state index contributed by atoms with van der Waals surface area (Å²) < 4.78 is 4.16. The fourth-order valence-electron chi connectivity index (χ4n) is 0.798. The van der Waals surface area contributed by atoms with Gasteiger partial charge in [-0.1, -0.05) is 11.6 Å². The van der Waals surface area contributed by atoms with Gasteiger partial charge in [0.05, 0.1) is 27.9 Å². The average molecular weight is 284 g/mol. The number of aryl methyl sites for hydroxylation is 1. The van der Waals surface area contributed by atoms with Crippen LogP contribution in [0.5, 0.6) is 0 Å². The van der Waals surface area contributed by atoms with E-state index < -0.39 is 0 Å². The van der Waals surface area contributed by atoms with Crippen molar-refractivity contribution < 1.29 is 4.79 Å². The number of nitrogens with one attached hydrogen (secondary N) is 1. The quantitative estimate of drug-likeness (QED) is 0.619. The second kappa shape index (κ2) is 3.44. The highest BCUT2D eigenvalue weighted by Gasteiger charge is 2.08. The maximum atomic E-state index is 11.0. The number of rotatable bonds is 1. The molecule has 0 bridgehead atoms. The van der Waals surface area contributed by atoms with E-state index >= 15 is 0 Å². The highest BCUT2D eigenvalue weighted by Crippen LogP contribution is 2.12. The maximum Gasteiger partial charge on any atom is 0.276 e. The molecule has 11 heavy (non-hydrogen) atoms. The summed E-state index contributed by atoms with van der Waals surface area (Å²) in [4.78, 5) is 11.0. The number of carbonyl (C=O) groups excluding carboxylic acids is 1. The number of amides is 1. The standard InChI is InChI=1S/C6H6ClIN2O/c1-10-3-4(7)2-5(10)6(11)9-8/h2-3H,1H3,(H,9,11). The molecule has 0 saturated carbocycles. The highest BCUT2D eigenvalue weighted by atomic mass is 127. The predicted molar refractivity (Wildman–Crippen MR) is 51.9 cm³/mol. The number of carbonyl (C=O) groups is 1. The molecule has 5 heteroatoms. The van der Waals surface area contributed by atoms with E-state index in [1.54, 1.807) is 46.7 Å². The second-order valence-electron chi connectivity index (χ2n) is 2.08. The number of halogens is 2. The van der Waals surface area contributed by atoms with Crippen molar-refractivity contribution in [3.05, 3.63) is 23.0 Å². The van der Waals surface area contributed by atoms with Crippen LogP contribution in [-0.4, -0.2) is 10.5 Å². The lowest BCUT2D eigenvalue weighted by Gasteiger charge is -1.97. The Labute approximate surface area is 83.2 Å². The molecule has 0 aliphatic heterocycles. The SMILES string of the molecule is Cn1cc(Cl)cc1C(=O)NI. The lowest BCUT2D eigenvalue weighted by Crippen LogP contribution is -2.15. The number of aromatic nitrogens is 1. The molecule has 1 rings (SSSR count). The van der Waals surface area contributed by atoms with E-state index in [-0.39, 0.29) is 5.91 Å². The molecule has 3 nitrogen and oxygen atoms in total. The molecule has 0 radical (unpaired) electrons. The largest absolute Gasteiger partial charge is 0.345 e. The summed E-state index contributed by atoms with van der Waals surface area (Å²) >= 11 is 7.45. The van der Waals surface area contributed by atoms with Crippen molar-refractivity contribution in [1.82, 2.24) is 8.10 Å². The van der Waals surface area contributed by atoms with Crippen LogP contribution in [0.4, 0.5) is 0 Å². The highest BCUT2D eigenvalue weighted by molar-refractivity contribution is 14.1. The van der Waals surface area contributed by atoms with Crippen LogP contribution in [0, 0.1) is 0 Å². The van der Waals surface area contributed by atoms with Gasteiger partial charge in [0.15, 0.2) is 0 Å². The number of nitrogens with zero attached hydrogens (tertiary/aromatic N) is 1. The minimum Gasteiger partial charge on any atom is -0.345 e. The Hall–Kier alpha value is -0.230. The molecule has 0 fully saturated rings. The fourth-order valence-corrected chi connectivity index (χ4v) is 1.32. The summed E-state index contributed by atoms with van der Waals surface area (Å²) in [6.45, 7) is 0. The van der Waals surface area contributed by atoms with E-state index in [9.17, 15) is 4.79 Å². The first-order valence-corrected chi connectivity index (χ1v) is 4.33. The van der Waals surface area contributed by atoms with E-state index in [0.717, 1.165) is 0 Å². The van der Waals surface area contributed by atoms with Gasteiger partial charge >= 0.3 is 0 Å². The molecule has 0 atom stereocenters. The van der Waals surface area contributed by atoms with Crippen molar-refractivity contribution in [3.8, 4) is 0 Å². The zero-order valence-corrected chi connectivity index (χ0v) is 8.68. The molecule has 0 aliphatic carbocycles. The molecule has 0 aromatic carbocycles. The molecule has 0 spiro atoms. The normalized spacial score (nSPS) is 9.73. The van der Waals surface area contributed by atoms with Gasteiger partial charge in [-0.25, -0.2) is 0 Å². The smallest absolute Gasteiger partial charge is 0.276 e. The van der Waals surface area contributed by atoms with Crippen molar-refractivity contribution in [1.29, 1.82) is 0 Å². The van der Waals surface area contributed by atoms with Gasteiger partial charge in [-0.2, -0.15) is 0 Å². The Balaban J connectivity index is 3.03. The van der Waals surface area contributed by atoms with E-state index in [1.807, 2.05) is 0 Å². The van der Waals surface area contributed by atoms with Crippen LogP contribution >= 0.6 is 34.5 Å². The summed E-state index contributed by atoms with van der Waals surface area (Å²) in [6, 6.07) is 1.62. The zero-order valence-electron chi connectivity index (χ0n) is 5.77. The van der Waals surface area contributed by atoms with Gasteiger partial charge in [-0.3, -0.25) is 8.32 Å². The summed E-state index contributed by atoms with van der Waals surface area (Å²) in [6.07, 6.45) is 1.68. The van der Waals surface area contributed by atoms with Gasteiger partial charge in [-0.05, 0) is 6.07 Å². The first kappa shape index (κ1) is 8.86. The average Bonchev–Trinajstić information content (AvgIpc) is 2.28. The summed E-state index contributed by atoms with van der Waals surface area (Å²) in [5, 5.41) is 0.572. The van der Waals surface area contributed by atoms with E-state index in [2.05, 4.69) is 3.53 Å². The second-order valence-corrected chi connectivity index (χ2v) is 3.05. The van der Waals surface area contributed by atoms with Crippen molar-refractivity contribution >= 4 is 40.4 Å². The molecule has 1 aromatic rings. The Morgan fingerprint density at radius 3 is 2.82 bits per heavy atom. The molecule has 60 valence electrons. The van der Waals surface area contributed by atoms with Crippen LogP contribution in [0.15, 0.2) is 12.3 Å². The Morgan fingerprint density at radius 1 is 1.82 bits per heavy atom. The third-order valence-corrected chi connectivity index (χ3v) is 1.99. The predicted octanol–water partition coefficient (Wildman–Crippen LogP) is 1.76. The number of hydrogen-bond acceptors (Lipinski definition) is 1. The molecular formula is C6H6ClIN2O. The summed E-state index contributed by atoms with van der Waals surface area (Å²) in [5.41, 5.74) is 0.560. The zero-order chi connectivity index (χ0) is 8.43. The summed E-state index contributed by atoms with van der Waals surface area (Å²) in [5.74, 6) is -0.139. The third-order valence-electron chi connectivity index (χ3n) is 1.29. The summed E-state index contributed by atoms with van der Waals surface area (Å²) in [7, 11) is 1.77. The third kappa shape index (κ3) is 1.87. The maximum absolute atomic E-state index is 11.0. The molecule has 1 heterocycles. The minimum atomic E-state index is -0.139. The van der Waals surface area contributed by atoms with Crippen molar-refractivity contribution in [2.24, 2.45) is 7.05 Å². The van der Waals surface area contributed by atoms with E-state index in [1.165, 1.54) is 0 Å².